The number of carbonyl (C=O) groups is 4. The molecule has 5 rings (SSSR count). The Labute approximate surface area is 279 Å². The lowest BCUT2D eigenvalue weighted by Gasteiger charge is -2.38. The quantitative estimate of drug-likeness (QED) is 0.383. The van der Waals surface area contributed by atoms with Gasteiger partial charge in [-0.05, 0) is 57.9 Å². The number of imidazole rings is 1. The van der Waals surface area contributed by atoms with E-state index in [1.54, 1.807) is 14.7 Å². The summed E-state index contributed by atoms with van der Waals surface area (Å²) in [7, 11) is 1.40. The fraction of sp³-hybridized carbons (Fsp3) is 0.438. The molecule has 1 aromatic carbocycles. The molecule has 2 aliphatic rings. The first kappa shape index (κ1) is 34.7. The highest BCUT2D eigenvalue weighted by molar-refractivity contribution is 6.34. The summed E-state index contributed by atoms with van der Waals surface area (Å²) in [6.07, 6.45) is 1.83. The van der Waals surface area contributed by atoms with Crippen LogP contribution in [0.4, 0.5) is 23.7 Å². The summed E-state index contributed by atoms with van der Waals surface area (Å²) in [5, 5.41) is 2.69. The Bertz CT molecular complexity index is 1750. The molecule has 16 heteroatoms. The summed E-state index contributed by atoms with van der Waals surface area (Å²) in [6, 6.07) is 4.99. The van der Waals surface area contributed by atoms with Crippen LogP contribution in [0.15, 0.2) is 30.5 Å². The zero-order chi connectivity index (χ0) is 34.9. The second-order valence-corrected chi connectivity index (χ2v) is 13.0. The van der Waals surface area contributed by atoms with Gasteiger partial charge in [-0.2, -0.15) is 13.8 Å². The van der Waals surface area contributed by atoms with Crippen molar-refractivity contribution in [1.82, 2.24) is 29.2 Å². The van der Waals surface area contributed by atoms with Crippen LogP contribution in [0.25, 0.3) is 11.3 Å². The van der Waals surface area contributed by atoms with Crippen LogP contribution in [0.5, 0.6) is 0 Å². The molecule has 12 nitrogen and oxygen atoms in total. The number of halogens is 4. The van der Waals surface area contributed by atoms with E-state index in [9.17, 15) is 32.3 Å². The van der Waals surface area contributed by atoms with Gasteiger partial charge in [0.15, 0.2) is 11.6 Å². The number of ether oxygens (including phenoxy) is 1. The molecule has 2 aliphatic heterocycles. The monoisotopic (exact) mass is 689 g/mol. The summed E-state index contributed by atoms with van der Waals surface area (Å²) < 4.78 is 47.8. The number of carbonyl (C=O) groups excluding carboxylic acids is 4. The van der Waals surface area contributed by atoms with Gasteiger partial charge in [-0.1, -0.05) is 11.6 Å². The number of piperidine rings is 1. The standard InChI is InChI=1S/C32H35ClF3N7O5/c1-32(2,3)48-31(47)43-9-7-18(8-10-43)29(45)41-11-13-42(14-12-41)30(46)20-6-5-19(15-22(20)33)38-28(44)27-37-17-24(40(27)4)21-16-23(34)26(36)39-25(21)35/h5-6,15-18H,7-14H2,1-4H3,(H,38,44). The fourth-order valence-electron chi connectivity index (χ4n) is 5.64. The van der Waals surface area contributed by atoms with Gasteiger partial charge in [0.1, 0.15) is 5.60 Å². The first-order valence-corrected chi connectivity index (χ1v) is 15.7. The number of pyridine rings is 1. The molecule has 0 radical (unpaired) electrons. The van der Waals surface area contributed by atoms with Crippen molar-refractivity contribution in [1.29, 1.82) is 0 Å². The Hall–Kier alpha value is -4.66. The van der Waals surface area contributed by atoms with Gasteiger partial charge in [-0.3, -0.25) is 14.4 Å². The molecular weight excluding hydrogens is 655 g/mol. The van der Waals surface area contributed by atoms with E-state index in [-0.39, 0.29) is 57.2 Å². The lowest BCUT2D eigenvalue weighted by molar-refractivity contribution is -0.138. The minimum absolute atomic E-state index is 0.00611. The second-order valence-electron chi connectivity index (χ2n) is 12.6. The molecule has 0 saturated carbocycles. The number of piperazine rings is 1. The molecule has 0 aliphatic carbocycles. The predicted molar refractivity (Wildman–Crippen MR) is 169 cm³/mol. The normalized spacial score (nSPS) is 15.8. The third kappa shape index (κ3) is 7.56. The first-order valence-electron chi connectivity index (χ1n) is 15.3. The van der Waals surface area contributed by atoms with Crippen LogP contribution >= 0.6 is 11.6 Å². The van der Waals surface area contributed by atoms with Crippen molar-refractivity contribution in [3.05, 3.63) is 64.6 Å². The van der Waals surface area contributed by atoms with Crippen molar-refractivity contribution in [2.24, 2.45) is 13.0 Å². The van der Waals surface area contributed by atoms with Gasteiger partial charge in [0, 0.05) is 57.9 Å². The van der Waals surface area contributed by atoms with Crippen molar-refractivity contribution in [3.63, 3.8) is 0 Å². The minimum Gasteiger partial charge on any atom is -0.444 e. The number of likely N-dealkylation sites (tertiary alicyclic amines) is 1. The van der Waals surface area contributed by atoms with Gasteiger partial charge < -0.3 is 29.3 Å². The van der Waals surface area contributed by atoms with Crippen LogP contribution in [-0.2, 0) is 16.6 Å². The van der Waals surface area contributed by atoms with Crippen molar-refractivity contribution >= 4 is 41.1 Å². The predicted octanol–water partition coefficient (Wildman–Crippen LogP) is 4.74. The molecular formula is C32H35ClF3N7O5. The molecule has 2 fully saturated rings. The van der Waals surface area contributed by atoms with Gasteiger partial charge in [0.2, 0.25) is 11.9 Å². The SMILES string of the molecule is Cn1c(-c2cc(F)c(F)nc2F)cnc1C(=O)Nc1ccc(C(=O)N2CCN(C(=O)C3CCN(C(=O)OC(C)(C)C)CC3)CC2)c(Cl)c1. The Kier molecular flexibility index (Phi) is 9.99. The fourth-order valence-corrected chi connectivity index (χ4v) is 5.90. The number of rotatable bonds is 5. The van der Waals surface area contributed by atoms with E-state index in [2.05, 4.69) is 15.3 Å². The maximum atomic E-state index is 14.2. The summed E-state index contributed by atoms with van der Waals surface area (Å²) in [5.41, 5.74) is -0.508. The highest BCUT2D eigenvalue weighted by Crippen LogP contribution is 2.27. The largest absolute Gasteiger partial charge is 0.444 e. The van der Waals surface area contributed by atoms with Crippen molar-refractivity contribution < 1.29 is 37.1 Å². The van der Waals surface area contributed by atoms with Gasteiger partial charge in [0.25, 0.3) is 17.8 Å². The highest BCUT2D eigenvalue weighted by Gasteiger charge is 2.34. The zero-order valence-corrected chi connectivity index (χ0v) is 27.6. The molecule has 256 valence electrons. The molecule has 0 bridgehead atoms. The third-order valence-electron chi connectivity index (χ3n) is 8.19. The topological polar surface area (TPSA) is 130 Å². The molecule has 0 unspecified atom stereocenters. The van der Waals surface area contributed by atoms with E-state index in [0.29, 0.717) is 58.2 Å². The molecule has 1 N–H and O–H groups in total. The van der Waals surface area contributed by atoms with E-state index in [0.717, 1.165) is 6.20 Å². The number of amides is 4. The number of nitrogens with zero attached hydrogens (tertiary/aromatic N) is 6. The summed E-state index contributed by atoms with van der Waals surface area (Å²) >= 11 is 6.45. The summed E-state index contributed by atoms with van der Waals surface area (Å²) in [4.78, 5) is 63.7. The smallest absolute Gasteiger partial charge is 0.410 e. The van der Waals surface area contributed by atoms with Crippen molar-refractivity contribution in [2.45, 2.75) is 39.2 Å². The van der Waals surface area contributed by atoms with Gasteiger partial charge >= 0.3 is 6.09 Å². The Balaban J connectivity index is 1.14. The molecule has 3 aromatic rings. The number of aromatic nitrogens is 3. The Morgan fingerprint density at radius 3 is 2.19 bits per heavy atom. The Morgan fingerprint density at radius 2 is 1.56 bits per heavy atom. The minimum atomic E-state index is -1.59. The van der Waals surface area contributed by atoms with Crippen LogP contribution in [0.3, 0.4) is 0 Å². The second kappa shape index (κ2) is 13.8. The van der Waals surface area contributed by atoms with E-state index < -0.39 is 29.2 Å². The molecule has 2 saturated heterocycles. The van der Waals surface area contributed by atoms with Gasteiger partial charge in [-0.25, -0.2) is 14.2 Å². The van der Waals surface area contributed by atoms with Crippen molar-refractivity contribution in [3.8, 4) is 11.3 Å². The molecule has 48 heavy (non-hydrogen) atoms. The van der Waals surface area contributed by atoms with Crippen LogP contribution in [0.1, 0.15) is 54.6 Å². The van der Waals surface area contributed by atoms with Gasteiger partial charge in [0.05, 0.1) is 28.0 Å². The number of anilines is 1. The van der Waals surface area contributed by atoms with E-state index in [1.165, 1.54) is 29.8 Å². The van der Waals surface area contributed by atoms with E-state index >= 15 is 0 Å². The van der Waals surface area contributed by atoms with Crippen LogP contribution in [-0.4, -0.2) is 97.9 Å². The maximum Gasteiger partial charge on any atom is 0.410 e. The van der Waals surface area contributed by atoms with Crippen molar-refractivity contribution in [2.75, 3.05) is 44.6 Å². The number of benzene rings is 1. The van der Waals surface area contributed by atoms with Crippen LogP contribution < -0.4 is 5.32 Å². The number of nitrogens with one attached hydrogen (secondary N) is 1. The van der Waals surface area contributed by atoms with Gasteiger partial charge in [-0.15, -0.1) is 0 Å². The molecule has 4 heterocycles. The number of hydrogen-bond donors (Lipinski definition) is 1. The third-order valence-corrected chi connectivity index (χ3v) is 8.50. The molecule has 4 amide bonds. The molecule has 0 spiro atoms. The lowest BCUT2D eigenvalue weighted by atomic mass is 9.95. The van der Waals surface area contributed by atoms with Crippen LogP contribution in [0.2, 0.25) is 5.02 Å². The maximum absolute atomic E-state index is 14.2. The number of hydrogen-bond acceptors (Lipinski definition) is 7. The average Bonchev–Trinajstić information content (AvgIpc) is 3.42. The molecule has 2 aromatic heterocycles. The van der Waals surface area contributed by atoms with E-state index in [4.69, 9.17) is 16.3 Å². The Morgan fingerprint density at radius 1 is 0.917 bits per heavy atom. The molecule has 0 atom stereocenters. The lowest BCUT2D eigenvalue weighted by Crippen LogP contribution is -2.53. The zero-order valence-electron chi connectivity index (χ0n) is 26.9. The first-order chi connectivity index (χ1) is 22.6. The summed E-state index contributed by atoms with van der Waals surface area (Å²) in [6.45, 7) is 7.65. The highest BCUT2D eigenvalue weighted by atomic mass is 35.5. The van der Waals surface area contributed by atoms with E-state index in [1.807, 2.05) is 20.8 Å². The average molecular weight is 690 g/mol. The summed E-state index contributed by atoms with van der Waals surface area (Å²) in [5.74, 6) is -5.59. The van der Waals surface area contributed by atoms with Crippen LogP contribution in [0, 0.1) is 23.6 Å².